The van der Waals surface area contributed by atoms with E-state index >= 15 is 0 Å². The van der Waals surface area contributed by atoms with E-state index in [1.54, 1.807) is 7.05 Å². The lowest BCUT2D eigenvalue weighted by Gasteiger charge is -2.14. The molecule has 6 heteroatoms. The molecule has 1 saturated carbocycles. The fraction of sp³-hybridized carbons (Fsp3) is 0.400. The van der Waals surface area contributed by atoms with Crippen LogP contribution in [0.3, 0.4) is 0 Å². The molecular formula is C25H31N3O3. The Balaban J connectivity index is 1.86. The predicted molar refractivity (Wildman–Crippen MR) is 124 cm³/mol. The van der Waals surface area contributed by atoms with Gasteiger partial charge in [-0.05, 0) is 61.8 Å². The van der Waals surface area contributed by atoms with E-state index in [2.05, 4.69) is 40.8 Å². The van der Waals surface area contributed by atoms with Crippen molar-refractivity contribution in [1.29, 1.82) is 0 Å². The minimum absolute atomic E-state index is 0.208. The molecule has 1 aliphatic carbocycles. The molecule has 0 atom stereocenters. The highest BCUT2D eigenvalue weighted by Gasteiger charge is 2.27. The van der Waals surface area contributed by atoms with E-state index < -0.39 is 0 Å². The van der Waals surface area contributed by atoms with Crippen LogP contribution in [0.2, 0.25) is 0 Å². The number of amides is 1. The number of likely N-dealkylation sites (N-methyl/N-ethyl adjacent to an activating group) is 1. The van der Waals surface area contributed by atoms with Crippen LogP contribution in [0.15, 0.2) is 46.7 Å². The van der Waals surface area contributed by atoms with Crippen LogP contribution in [0.1, 0.15) is 66.0 Å². The Labute approximate surface area is 184 Å². The third kappa shape index (κ3) is 5.32. The summed E-state index contributed by atoms with van der Waals surface area (Å²) < 4.78 is 0. The summed E-state index contributed by atoms with van der Waals surface area (Å²) >= 11 is 0. The van der Waals surface area contributed by atoms with Crippen molar-refractivity contribution < 1.29 is 14.5 Å². The van der Waals surface area contributed by atoms with Crippen LogP contribution in [0.25, 0.3) is 0 Å². The van der Waals surface area contributed by atoms with Crippen molar-refractivity contribution in [2.45, 2.75) is 52.6 Å². The van der Waals surface area contributed by atoms with Crippen LogP contribution in [0, 0.1) is 6.92 Å². The molecule has 164 valence electrons. The summed E-state index contributed by atoms with van der Waals surface area (Å²) in [5.41, 5.74) is 7.39. The van der Waals surface area contributed by atoms with Gasteiger partial charge in [-0.3, -0.25) is 4.79 Å². The van der Waals surface area contributed by atoms with Gasteiger partial charge in [0.15, 0.2) is 5.71 Å². The van der Waals surface area contributed by atoms with Crippen molar-refractivity contribution in [2.75, 3.05) is 14.2 Å². The van der Waals surface area contributed by atoms with Gasteiger partial charge in [-0.2, -0.15) is 0 Å². The van der Waals surface area contributed by atoms with Gasteiger partial charge < -0.3 is 15.0 Å². The van der Waals surface area contributed by atoms with Crippen molar-refractivity contribution in [3.05, 3.63) is 69.8 Å². The summed E-state index contributed by atoms with van der Waals surface area (Å²) in [6, 6.07) is 12.4. The van der Waals surface area contributed by atoms with Crippen LogP contribution < -0.4 is 5.32 Å². The Hall–Kier alpha value is -3.15. The molecule has 0 radical (unpaired) electrons. The molecule has 2 aromatic rings. The quantitative estimate of drug-likeness (QED) is 0.480. The van der Waals surface area contributed by atoms with Crippen LogP contribution in [0.4, 0.5) is 0 Å². The average Bonchev–Trinajstić information content (AvgIpc) is 3.63. The molecular weight excluding hydrogens is 390 g/mol. The van der Waals surface area contributed by atoms with Gasteiger partial charge in [0.1, 0.15) is 13.7 Å². The third-order valence-corrected chi connectivity index (χ3v) is 5.63. The van der Waals surface area contributed by atoms with Gasteiger partial charge in [0, 0.05) is 23.7 Å². The van der Waals surface area contributed by atoms with Gasteiger partial charge >= 0.3 is 0 Å². The number of rotatable bonds is 9. The number of benzene rings is 2. The molecule has 0 aromatic heterocycles. The number of aryl methyl sites for hydroxylation is 2. The molecule has 0 aliphatic heterocycles. The van der Waals surface area contributed by atoms with Gasteiger partial charge in [0.25, 0.3) is 5.91 Å². The molecule has 2 aromatic carbocycles. The second-order valence-corrected chi connectivity index (χ2v) is 7.80. The zero-order valence-electron chi connectivity index (χ0n) is 19.0. The molecule has 3 rings (SSSR count). The molecule has 1 N–H and O–H groups in total. The Morgan fingerprint density at radius 2 is 1.94 bits per heavy atom. The first-order valence-corrected chi connectivity index (χ1v) is 10.7. The maximum atomic E-state index is 12.3. The first kappa shape index (κ1) is 22.5. The normalized spacial score (nSPS) is 14.4. The molecule has 1 amide bonds. The van der Waals surface area contributed by atoms with Gasteiger partial charge in [0.05, 0.1) is 5.71 Å². The first-order chi connectivity index (χ1) is 15.0. The van der Waals surface area contributed by atoms with Crippen LogP contribution in [-0.4, -0.2) is 31.5 Å². The summed E-state index contributed by atoms with van der Waals surface area (Å²) in [7, 11) is 2.99. The number of nitrogens with zero attached hydrogens (tertiary/aromatic N) is 2. The Morgan fingerprint density at radius 1 is 1.16 bits per heavy atom. The SMILES string of the molecule is CCc1ccc(C2CC2)c(/C(C)=N/OCc2c(C)cccc2/C(=N\OC)C(=O)NC)c1. The lowest BCUT2D eigenvalue weighted by molar-refractivity contribution is -0.114. The average molecular weight is 422 g/mol. The lowest BCUT2D eigenvalue weighted by atomic mass is 9.96. The fourth-order valence-electron chi connectivity index (χ4n) is 3.67. The Morgan fingerprint density at radius 3 is 2.58 bits per heavy atom. The van der Waals surface area contributed by atoms with E-state index in [-0.39, 0.29) is 18.2 Å². The van der Waals surface area contributed by atoms with Gasteiger partial charge in [0.2, 0.25) is 0 Å². The minimum Gasteiger partial charge on any atom is -0.398 e. The van der Waals surface area contributed by atoms with Crippen LogP contribution in [-0.2, 0) is 27.5 Å². The van der Waals surface area contributed by atoms with Gasteiger partial charge in [-0.1, -0.05) is 47.6 Å². The van der Waals surface area contributed by atoms with E-state index in [9.17, 15) is 4.79 Å². The molecule has 6 nitrogen and oxygen atoms in total. The fourth-order valence-corrected chi connectivity index (χ4v) is 3.67. The summed E-state index contributed by atoms with van der Waals surface area (Å²) in [4.78, 5) is 23.0. The highest BCUT2D eigenvalue weighted by Crippen LogP contribution is 2.42. The second kappa shape index (κ2) is 10.2. The molecule has 31 heavy (non-hydrogen) atoms. The van der Waals surface area contributed by atoms with E-state index in [1.807, 2.05) is 32.0 Å². The van der Waals surface area contributed by atoms with Crippen LogP contribution in [0.5, 0.6) is 0 Å². The zero-order valence-corrected chi connectivity index (χ0v) is 19.0. The largest absolute Gasteiger partial charge is 0.398 e. The monoisotopic (exact) mass is 421 g/mol. The van der Waals surface area contributed by atoms with E-state index in [1.165, 1.54) is 36.6 Å². The summed E-state index contributed by atoms with van der Waals surface area (Å²) in [6.45, 7) is 6.35. The highest BCUT2D eigenvalue weighted by atomic mass is 16.6. The number of hydrogen-bond donors (Lipinski definition) is 1. The van der Waals surface area contributed by atoms with E-state index in [4.69, 9.17) is 9.68 Å². The van der Waals surface area contributed by atoms with E-state index in [0.29, 0.717) is 11.5 Å². The zero-order chi connectivity index (χ0) is 22.4. The Kier molecular flexibility index (Phi) is 7.45. The topological polar surface area (TPSA) is 72.3 Å². The number of carbonyl (C=O) groups is 1. The Bertz CT molecular complexity index is 1010. The molecule has 1 fully saturated rings. The summed E-state index contributed by atoms with van der Waals surface area (Å²) in [6.07, 6.45) is 3.46. The minimum atomic E-state index is -0.321. The van der Waals surface area contributed by atoms with Crippen molar-refractivity contribution in [3.8, 4) is 0 Å². The molecule has 0 saturated heterocycles. The summed E-state index contributed by atoms with van der Waals surface area (Å²) in [5, 5.41) is 11.0. The van der Waals surface area contributed by atoms with E-state index in [0.717, 1.165) is 23.3 Å². The molecule has 0 bridgehead atoms. The maximum absolute atomic E-state index is 12.3. The van der Waals surface area contributed by atoms with Crippen molar-refractivity contribution in [3.63, 3.8) is 0 Å². The molecule has 0 spiro atoms. The predicted octanol–water partition coefficient (Wildman–Crippen LogP) is 4.47. The highest BCUT2D eigenvalue weighted by molar-refractivity contribution is 6.45. The molecule has 0 heterocycles. The number of nitrogens with one attached hydrogen (secondary N) is 1. The van der Waals surface area contributed by atoms with Crippen molar-refractivity contribution in [2.24, 2.45) is 10.3 Å². The van der Waals surface area contributed by atoms with Crippen molar-refractivity contribution in [1.82, 2.24) is 5.32 Å². The number of hydrogen-bond acceptors (Lipinski definition) is 5. The molecule has 0 unspecified atom stereocenters. The smallest absolute Gasteiger partial charge is 0.273 e. The second-order valence-electron chi connectivity index (χ2n) is 7.80. The van der Waals surface area contributed by atoms with Gasteiger partial charge in [-0.25, -0.2) is 0 Å². The summed E-state index contributed by atoms with van der Waals surface area (Å²) in [5.74, 6) is 0.313. The third-order valence-electron chi connectivity index (χ3n) is 5.63. The first-order valence-electron chi connectivity index (χ1n) is 10.7. The van der Waals surface area contributed by atoms with Crippen molar-refractivity contribution >= 4 is 17.3 Å². The molecule has 1 aliphatic rings. The van der Waals surface area contributed by atoms with Gasteiger partial charge in [-0.15, -0.1) is 0 Å². The number of oxime groups is 2. The number of carbonyl (C=O) groups excluding carboxylic acids is 1. The van der Waals surface area contributed by atoms with Crippen LogP contribution >= 0.6 is 0 Å². The standard InChI is InChI=1S/C25H31N3O3/c1-6-18-10-13-20(19-11-12-19)22(14-18)17(3)27-31-15-23-16(2)8-7-9-21(23)24(28-30-5)25(29)26-4/h7-10,13-14,19H,6,11-12,15H2,1-5H3,(H,26,29)/b27-17+,28-24+. The lowest BCUT2D eigenvalue weighted by Crippen LogP contribution is -2.29. The maximum Gasteiger partial charge on any atom is 0.273 e.